The van der Waals surface area contributed by atoms with E-state index in [1.807, 2.05) is 19.2 Å². The highest BCUT2D eigenvalue weighted by atomic mass is 19.4. The number of amides is 2. The quantitative estimate of drug-likeness (QED) is 0.311. The van der Waals surface area contributed by atoms with Gasteiger partial charge in [0.1, 0.15) is 6.54 Å². The number of halogens is 3. The lowest BCUT2D eigenvalue weighted by atomic mass is 9.89. The Balaban J connectivity index is 1.55. The van der Waals surface area contributed by atoms with Crippen LogP contribution in [-0.2, 0) is 0 Å². The molecule has 1 aromatic carbocycles. The molecule has 3 aromatic rings. The van der Waals surface area contributed by atoms with E-state index in [1.54, 1.807) is 46.5 Å². The van der Waals surface area contributed by atoms with E-state index in [9.17, 15) is 18.0 Å². The minimum atomic E-state index is -4.50. The Morgan fingerprint density at radius 3 is 2.78 bits per heavy atom. The van der Waals surface area contributed by atoms with Gasteiger partial charge in [-0.1, -0.05) is 12.1 Å². The number of alkyl halides is 3. The van der Waals surface area contributed by atoms with Crippen molar-refractivity contribution in [2.75, 3.05) is 25.0 Å². The summed E-state index contributed by atoms with van der Waals surface area (Å²) in [4.78, 5) is 16.3. The number of hydrogen-bond donors (Lipinski definition) is 5. The van der Waals surface area contributed by atoms with Crippen molar-refractivity contribution < 1.29 is 18.0 Å². The van der Waals surface area contributed by atoms with Crippen LogP contribution in [0.1, 0.15) is 18.9 Å². The number of urea groups is 1. The Morgan fingerprint density at radius 2 is 2.14 bits per heavy atom. The van der Waals surface area contributed by atoms with Crippen LogP contribution in [0.15, 0.2) is 48.9 Å². The van der Waals surface area contributed by atoms with E-state index in [2.05, 4.69) is 32.1 Å². The number of hydrogen-bond acceptors (Lipinski definition) is 7. The molecule has 2 amide bonds. The van der Waals surface area contributed by atoms with Crippen LogP contribution in [0, 0.1) is 11.3 Å². The first kappa shape index (κ1) is 25.9. The molecule has 4 rings (SSSR count). The molecular formula is C24H26F3N9O. The molecule has 0 radical (unpaired) electrons. The molecule has 0 bridgehead atoms. The molecule has 194 valence electrons. The lowest BCUT2D eigenvalue weighted by Gasteiger charge is -2.41. The Morgan fingerprint density at radius 1 is 1.35 bits per heavy atom. The summed E-state index contributed by atoms with van der Waals surface area (Å²) in [6.45, 7) is 1.79. The Labute approximate surface area is 210 Å². The molecule has 1 fully saturated rings. The molecule has 2 aromatic heterocycles. The van der Waals surface area contributed by atoms with E-state index in [0.717, 1.165) is 11.1 Å². The van der Waals surface area contributed by atoms with Gasteiger partial charge in [0.2, 0.25) is 0 Å². The van der Waals surface area contributed by atoms with Crippen LogP contribution in [0.3, 0.4) is 0 Å². The van der Waals surface area contributed by atoms with Crippen molar-refractivity contribution in [3.63, 3.8) is 0 Å². The third kappa shape index (κ3) is 6.16. The van der Waals surface area contributed by atoms with Gasteiger partial charge in [-0.3, -0.25) is 0 Å². The summed E-state index contributed by atoms with van der Waals surface area (Å²) >= 11 is 0. The zero-order valence-corrected chi connectivity index (χ0v) is 19.9. The van der Waals surface area contributed by atoms with Gasteiger partial charge < -0.3 is 27.0 Å². The van der Waals surface area contributed by atoms with Crippen molar-refractivity contribution in [1.29, 1.82) is 5.26 Å². The second-order valence-corrected chi connectivity index (χ2v) is 8.91. The van der Waals surface area contributed by atoms with Crippen LogP contribution in [0.5, 0.6) is 0 Å². The highest BCUT2D eigenvalue weighted by Gasteiger charge is 2.35. The number of carbonyl (C=O) groups is 1. The van der Waals surface area contributed by atoms with Gasteiger partial charge in [-0.05, 0) is 30.7 Å². The number of anilines is 1. The number of rotatable bonds is 8. The highest BCUT2D eigenvalue weighted by Crippen LogP contribution is 2.26. The maximum absolute atomic E-state index is 12.3. The number of imidazole rings is 1. The molecule has 37 heavy (non-hydrogen) atoms. The molecule has 10 nitrogen and oxygen atoms in total. The summed E-state index contributed by atoms with van der Waals surface area (Å²) in [7, 11) is 0. The minimum Gasteiger partial charge on any atom is -0.382 e. The number of benzene rings is 1. The smallest absolute Gasteiger partial charge is 0.382 e. The van der Waals surface area contributed by atoms with Gasteiger partial charge in [0, 0.05) is 42.1 Å². The summed E-state index contributed by atoms with van der Waals surface area (Å²) < 4.78 is 38.6. The summed E-state index contributed by atoms with van der Waals surface area (Å²) in [5.74, 6) is 0. The third-order valence-electron chi connectivity index (χ3n) is 5.93. The van der Waals surface area contributed by atoms with E-state index in [1.165, 1.54) is 0 Å². The van der Waals surface area contributed by atoms with Gasteiger partial charge in [0.15, 0.2) is 5.65 Å². The maximum atomic E-state index is 12.3. The van der Waals surface area contributed by atoms with Crippen LogP contribution in [-0.4, -0.2) is 58.0 Å². The summed E-state index contributed by atoms with van der Waals surface area (Å²) in [6, 6.07) is 9.39. The molecule has 1 unspecified atom stereocenters. The molecule has 6 N–H and O–H groups in total. The average Bonchev–Trinajstić information content (AvgIpc) is 3.24. The lowest BCUT2D eigenvalue weighted by molar-refractivity contribution is -0.122. The first-order valence-electron chi connectivity index (χ1n) is 11.5. The van der Waals surface area contributed by atoms with Crippen LogP contribution >= 0.6 is 0 Å². The largest absolute Gasteiger partial charge is 0.405 e. The number of nitriles is 1. The van der Waals surface area contributed by atoms with Gasteiger partial charge in [-0.25, -0.2) is 14.3 Å². The zero-order valence-electron chi connectivity index (χ0n) is 19.9. The third-order valence-corrected chi connectivity index (χ3v) is 5.93. The van der Waals surface area contributed by atoms with E-state index >= 15 is 0 Å². The van der Waals surface area contributed by atoms with E-state index < -0.39 is 18.8 Å². The molecular weight excluding hydrogens is 487 g/mol. The minimum absolute atomic E-state index is 0.314. The number of carbonyl (C=O) groups excluding carboxylic acids is 1. The van der Waals surface area contributed by atoms with Crippen molar-refractivity contribution in [2.45, 2.75) is 31.1 Å². The predicted octanol–water partition coefficient (Wildman–Crippen LogP) is 2.61. The second kappa shape index (κ2) is 10.5. The van der Waals surface area contributed by atoms with Crippen molar-refractivity contribution in [3.8, 4) is 17.3 Å². The lowest BCUT2D eigenvalue weighted by Crippen LogP contribution is -2.66. The molecule has 1 aliphatic heterocycles. The van der Waals surface area contributed by atoms with Crippen molar-refractivity contribution in [1.82, 2.24) is 30.5 Å². The van der Waals surface area contributed by atoms with Crippen LogP contribution in [0.25, 0.3) is 22.5 Å². The predicted molar refractivity (Wildman–Crippen MR) is 132 cm³/mol. The van der Waals surface area contributed by atoms with Crippen LogP contribution in [0.2, 0.25) is 0 Å². The fraction of sp³-hybridized carbons (Fsp3) is 0.333. The summed E-state index contributed by atoms with van der Waals surface area (Å²) in [5, 5.41) is 24.3. The first-order valence-corrected chi connectivity index (χ1v) is 11.5. The topological polar surface area (TPSA) is 145 Å². The molecule has 1 aliphatic rings. The molecule has 0 aliphatic carbocycles. The summed E-state index contributed by atoms with van der Waals surface area (Å²) in [5.41, 5.74) is 9.62. The Kier molecular flexibility index (Phi) is 7.33. The highest BCUT2D eigenvalue weighted by molar-refractivity contribution is 5.90. The van der Waals surface area contributed by atoms with Gasteiger partial charge >= 0.3 is 12.2 Å². The van der Waals surface area contributed by atoms with Crippen molar-refractivity contribution in [2.24, 2.45) is 5.73 Å². The monoisotopic (exact) mass is 513 g/mol. The first-order chi connectivity index (χ1) is 17.6. The van der Waals surface area contributed by atoms with Gasteiger partial charge in [-0.15, -0.1) is 0 Å². The maximum Gasteiger partial charge on any atom is 0.405 e. The van der Waals surface area contributed by atoms with Crippen molar-refractivity contribution in [3.05, 3.63) is 54.5 Å². The number of aromatic nitrogens is 3. The van der Waals surface area contributed by atoms with Crippen LogP contribution < -0.4 is 27.0 Å². The number of nitrogens with one attached hydrogen (secondary N) is 4. The zero-order chi connectivity index (χ0) is 26.6. The fourth-order valence-corrected chi connectivity index (χ4v) is 3.91. The Bertz CT molecular complexity index is 1350. The van der Waals surface area contributed by atoms with Crippen molar-refractivity contribution >= 4 is 22.9 Å². The fourth-order valence-electron chi connectivity index (χ4n) is 3.91. The molecule has 3 heterocycles. The number of nitrogens with two attached hydrogens (primary N) is 1. The molecule has 0 saturated carbocycles. The molecule has 13 heteroatoms. The van der Waals surface area contributed by atoms with E-state index in [-0.39, 0.29) is 11.6 Å². The molecule has 1 saturated heterocycles. The standard InChI is InChI=1S/C24H26F3N9O/c1-15(29)19(10-33-23(5-6-28)12-30-13-23)17-8-21-31-11-20(36(21)34-9-17)16-3-2-4-18(7-16)35-22(37)32-14-24(25,26)27/h2-4,7-11,15,30,33H,5,12-14,29H2,1H3,(H2,32,35,37)/b19-10+. The van der Waals surface area contributed by atoms with Gasteiger partial charge in [0.25, 0.3) is 0 Å². The normalized spacial score (nSPS) is 15.9. The van der Waals surface area contributed by atoms with E-state index in [0.29, 0.717) is 42.1 Å². The van der Waals surface area contributed by atoms with E-state index in [4.69, 9.17) is 11.0 Å². The Hall–Kier alpha value is -4.15. The SMILES string of the molecule is CC(N)/C(=C\NC1(CC#N)CNC1)c1cnn2c(-c3cccc(NC(=O)NCC(F)(F)F)c3)cnc2c1. The second-order valence-electron chi connectivity index (χ2n) is 8.91. The number of fused-ring (bicyclic) bond motifs is 1. The molecule has 1 atom stereocenters. The average molecular weight is 514 g/mol. The molecule has 0 spiro atoms. The van der Waals surface area contributed by atoms with Gasteiger partial charge in [0.05, 0.1) is 36.1 Å². The van der Waals surface area contributed by atoms with Gasteiger partial charge in [-0.2, -0.15) is 23.5 Å². The summed E-state index contributed by atoms with van der Waals surface area (Å²) in [6.07, 6.45) is 0.975. The van der Waals surface area contributed by atoms with Crippen LogP contribution in [0.4, 0.5) is 23.7 Å². The number of nitrogens with zero attached hydrogens (tertiary/aromatic N) is 4.